The molecule has 0 amide bonds. The molecule has 74 valence electrons. The van der Waals surface area contributed by atoms with Crippen LogP contribution in [0, 0.1) is 0 Å². The third-order valence-corrected chi connectivity index (χ3v) is 2.98. The summed E-state index contributed by atoms with van der Waals surface area (Å²) in [6, 6.07) is 0.247. The first-order chi connectivity index (χ1) is 5.76. The summed E-state index contributed by atoms with van der Waals surface area (Å²) in [5.74, 6) is 0. The number of aliphatic hydroxyl groups excluding tert-OH is 1. The maximum absolute atomic E-state index is 11.7. The van der Waals surface area contributed by atoms with E-state index >= 15 is 0 Å². The standard InChI is InChI=1S/C8H18FNOS/c1-7(8(6-11)12-2)10-5-3-4-9/h7-8,10-11H,3-6H2,1-2H3. The van der Waals surface area contributed by atoms with Crippen LogP contribution in [0.15, 0.2) is 0 Å². The van der Waals surface area contributed by atoms with Crippen molar-refractivity contribution in [2.24, 2.45) is 0 Å². The minimum atomic E-state index is -0.275. The Morgan fingerprint density at radius 2 is 2.25 bits per heavy atom. The molecule has 0 heterocycles. The molecule has 2 nitrogen and oxygen atoms in total. The molecule has 0 aliphatic heterocycles. The van der Waals surface area contributed by atoms with E-state index in [0.717, 1.165) is 0 Å². The van der Waals surface area contributed by atoms with Crippen molar-refractivity contribution in [3.63, 3.8) is 0 Å². The Bertz CT molecular complexity index is 101. The highest BCUT2D eigenvalue weighted by Crippen LogP contribution is 2.09. The highest BCUT2D eigenvalue weighted by molar-refractivity contribution is 7.99. The Morgan fingerprint density at radius 1 is 1.58 bits per heavy atom. The summed E-state index contributed by atoms with van der Waals surface area (Å²) in [7, 11) is 0. The zero-order valence-electron chi connectivity index (χ0n) is 7.72. The minimum Gasteiger partial charge on any atom is -0.395 e. The van der Waals surface area contributed by atoms with Gasteiger partial charge in [-0.15, -0.1) is 0 Å². The third kappa shape index (κ3) is 4.95. The first-order valence-corrected chi connectivity index (χ1v) is 5.48. The number of hydrogen-bond acceptors (Lipinski definition) is 3. The normalized spacial score (nSPS) is 16.0. The highest BCUT2D eigenvalue weighted by atomic mass is 32.2. The second-order valence-corrected chi connectivity index (χ2v) is 3.82. The van der Waals surface area contributed by atoms with Gasteiger partial charge in [0.2, 0.25) is 0 Å². The Kier molecular flexibility index (Phi) is 7.96. The lowest BCUT2D eigenvalue weighted by Gasteiger charge is -2.20. The number of aliphatic hydroxyl groups is 1. The van der Waals surface area contributed by atoms with Gasteiger partial charge in [-0.3, -0.25) is 4.39 Å². The second-order valence-electron chi connectivity index (χ2n) is 2.74. The van der Waals surface area contributed by atoms with Crippen molar-refractivity contribution in [2.75, 3.05) is 26.1 Å². The van der Waals surface area contributed by atoms with E-state index in [0.29, 0.717) is 13.0 Å². The molecule has 2 atom stereocenters. The van der Waals surface area contributed by atoms with Crippen molar-refractivity contribution in [1.29, 1.82) is 0 Å². The van der Waals surface area contributed by atoms with Crippen LogP contribution < -0.4 is 5.32 Å². The van der Waals surface area contributed by atoms with Crippen LogP contribution in [-0.2, 0) is 0 Å². The van der Waals surface area contributed by atoms with E-state index in [9.17, 15) is 4.39 Å². The van der Waals surface area contributed by atoms with Crippen LogP contribution in [0.25, 0.3) is 0 Å². The van der Waals surface area contributed by atoms with Gasteiger partial charge >= 0.3 is 0 Å². The van der Waals surface area contributed by atoms with Crippen LogP contribution in [-0.4, -0.2) is 42.5 Å². The van der Waals surface area contributed by atoms with Gasteiger partial charge in [0, 0.05) is 11.3 Å². The summed E-state index contributed by atoms with van der Waals surface area (Å²) in [4.78, 5) is 0. The molecule has 2 unspecified atom stereocenters. The minimum absolute atomic E-state index is 0.172. The van der Waals surface area contributed by atoms with Crippen LogP contribution in [0.4, 0.5) is 4.39 Å². The maximum Gasteiger partial charge on any atom is 0.0906 e. The molecule has 0 rings (SSSR count). The van der Waals surface area contributed by atoms with E-state index in [1.165, 1.54) is 0 Å². The smallest absolute Gasteiger partial charge is 0.0906 e. The predicted octanol–water partition coefficient (Wildman–Crippen LogP) is 1.05. The average Bonchev–Trinajstić information content (AvgIpc) is 2.07. The fourth-order valence-corrected chi connectivity index (χ4v) is 1.62. The zero-order valence-corrected chi connectivity index (χ0v) is 8.53. The van der Waals surface area contributed by atoms with Crippen LogP contribution in [0.2, 0.25) is 0 Å². The Balaban J connectivity index is 3.47. The van der Waals surface area contributed by atoms with Crippen molar-refractivity contribution in [3.8, 4) is 0 Å². The van der Waals surface area contributed by atoms with Crippen molar-refractivity contribution in [1.82, 2.24) is 5.32 Å². The third-order valence-electron chi connectivity index (χ3n) is 1.82. The lowest BCUT2D eigenvalue weighted by Crippen LogP contribution is -2.38. The molecule has 0 spiro atoms. The van der Waals surface area contributed by atoms with E-state index in [4.69, 9.17) is 5.11 Å². The summed E-state index contributed by atoms with van der Waals surface area (Å²) in [5, 5.41) is 12.3. The first kappa shape index (κ1) is 12.2. The number of nitrogens with one attached hydrogen (secondary N) is 1. The predicted molar refractivity (Wildman–Crippen MR) is 52.4 cm³/mol. The van der Waals surface area contributed by atoms with Crippen LogP contribution in [0.5, 0.6) is 0 Å². The lowest BCUT2D eigenvalue weighted by molar-refractivity contribution is 0.275. The fourth-order valence-electron chi connectivity index (χ4n) is 0.965. The van der Waals surface area contributed by atoms with Crippen LogP contribution in [0.3, 0.4) is 0 Å². The quantitative estimate of drug-likeness (QED) is 0.596. The van der Waals surface area contributed by atoms with Gasteiger partial charge in [0.25, 0.3) is 0 Å². The summed E-state index contributed by atoms with van der Waals surface area (Å²) < 4.78 is 11.7. The fraction of sp³-hybridized carbons (Fsp3) is 1.00. The SMILES string of the molecule is CSC(CO)C(C)NCCCF. The monoisotopic (exact) mass is 195 g/mol. The maximum atomic E-state index is 11.7. The van der Waals surface area contributed by atoms with Crippen molar-refractivity contribution >= 4 is 11.8 Å². The van der Waals surface area contributed by atoms with E-state index in [2.05, 4.69) is 5.32 Å². The Labute approximate surface area is 77.9 Å². The molecule has 12 heavy (non-hydrogen) atoms. The molecule has 0 radical (unpaired) electrons. The Morgan fingerprint density at radius 3 is 2.67 bits per heavy atom. The molecule has 0 bridgehead atoms. The molecule has 0 saturated carbocycles. The second kappa shape index (κ2) is 7.83. The molecular formula is C8H18FNOS. The molecule has 0 aromatic carbocycles. The van der Waals surface area contributed by atoms with Crippen molar-refractivity contribution in [2.45, 2.75) is 24.6 Å². The van der Waals surface area contributed by atoms with E-state index < -0.39 is 0 Å². The molecule has 0 aliphatic carbocycles. The Hall–Kier alpha value is 0.200. The lowest BCUT2D eigenvalue weighted by atomic mass is 10.2. The molecule has 2 N–H and O–H groups in total. The topological polar surface area (TPSA) is 32.3 Å². The molecule has 0 saturated heterocycles. The van der Waals surface area contributed by atoms with E-state index in [1.807, 2.05) is 13.2 Å². The van der Waals surface area contributed by atoms with Gasteiger partial charge in [-0.05, 0) is 26.1 Å². The molecule has 0 aromatic rings. The first-order valence-electron chi connectivity index (χ1n) is 4.19. The van der Waals surface area contributed by atoms with Gasteiger partial charge in [-0.1, -0.05) is 0 Å². The van der Waals surface area contributed by atoms with Gasteiger partial charge in [0.05, 0.1) is 13.3 Å². The average molecular weight is 195 g/mol. The number of rotatable bonds is 7. The summed E-state index contributed by atoms with van der Waals surface area (Å²) >= 11 is 1.63. The zero-order chi connectivity index (χ0) is 9.40. The number of thioether (sulfide) groups is 1. The largest absolute Gasteiger partial charge is 0.395 e. The molecule has 0 fully saturated rings. The van der Waals surface area contributed by atoms with Gasteiger partial charge in [0.1, 0.15) is 0 Å². The van der Waals surface area contributed by atoms with Crippen LogP contribution >= 0.6 is 11.8 Å². The van der Waals surface area contributed by atoms with Gasteiger partial charge in [0.15, 0.2) is 0 Å². The number of alkyl halides is 1. The molecule has 0 aromatic heterocycles. The van der Waals surface area contributed by atoms with Gasteiger partial charge < -0.3 is 10.4 Å². The number of hydrogen-bond donors (Lipinski definition) is 2. The van der Waals surface area contributed by atoms with Crippen molar-refractivity contribution < 1.29 is 9.50 Å². The van der Waals surface area contributed by atoms with Gasteiger partial charge in [-0.25, -0.2) is 0 Å². The number of halogens is 1. The summed E-state index contributed by atoms with van der Waals surface area (Å²) in [6.07, 6.45) is 2.52. The molecule has 4 heteroatoms. The van der Waals surface area contributed by atoms with E-state index in [-0.39, 0.29) is 24.6 Å². The molecule has 0 aliphatic rings. The summed E-state index contributed by atoms with van der Waals surface area (Å²) in [6.45, 7) is 2.60. The van der Waals surface area contributed by atoms with Crippen LogP contribution in [0.1, 0.15) is 13.3 Å². The van der Waals surface area contributed by atoms with Crippen molar-refractivity contribution in [3.05, 3.63) is 0 Å². The van der Waals surface area contributed by atoms with E-state index in [1.54, 1.807) is 11.8 Å². The summed E-state index contributed by atoms with van der Waals surface area (Å²) in [5.41, 5.74) is 0. The highest BCUT2D eigenvalue weighted by Gasteiger charge is 2.13. The van der Waals surface area contributed by atoms with Gasteiger partial charge in [-0.2, -0.15) is 11.8 Å². The molecular weight excluding hydrogens is 177 g/mol.